The fourth-order valence-electron chi connectivity index (χ4n) is 7.30. The fraction of sp³-hybridized carbons (Fsp3) is 0.235. The number of hydrogen-bond donors (Lipinski definition) is 0. The fourth-order valence-corrected chi connectivity index (χ4v) is 7.30. The van der Waals surface area contributed by atoms with Gasteiger partial charge < -0.3 is 0 Å². The lowest BCUT2D eigenvalue weighted by atomic mass is 9.49. The Morgan fingerprint density at radius 3 is 0.947 bits per heavy atom. The molecule has 2 amide bonds. The number of anilines is 4. The molecule has 0 aromatic heterocycles. The molecule has 7 rings (SSSR count). The van der Waals surface area contributed by atoms with Crippen LogP contribution in [0.1, 0.15) is 72.6 Å². The molecule has 0 bridgehead atoms. The van der Waals surface area contributed by atoms with Crippen LogP contribution < -0.4 is 9.80 Å². The predicted octanol–water partition coefficient (Wildman–Crippen LogP) is 7.91. The zero-order valence-corrected chi connectivity index (χ0v) is 21.7. The van der Waals surface area contributed by atoms with E-state index in [0.29, 0.717) is 12.8 Å². The SMILES string of the molecule is CCC(=O)N1c2ccccc2C2C(c3ccccc31)C1c3ccccc3N(C(=O)CC)c3ccccc3C21. The third-order valence-electron chi connectivity index (χ3n) is 8.80. The number of carbonyl (C=O) groups excluding carboxylic acids is 2. The molecule has 3 aliphatic rings. The first kappa shape index (κ1) is 23.0. The van der Waals surface area contributed by atoms with Gasteiger partial charge in [-0.3, -0.25) is 19.4 Å². The van der Waals surface area contributed by atoms with Gasteiger partial charge in [0.25, 0.3) is 0 Å². The summed E-state index contributed by atoms with van der Waals surface area (Å²) >= 11 is 0. The molecular formula is C34H30N2O2. The third-order valence-corrected chi connectivity index (χ3v) is 8.80. The van der Waals surface area contributed by atoms with E-state index in [1.54, 1.807) is 0 Å². The Kier molecular flexibility index (Phi) is 5.26. The van der Waals surface area contributed by atoms with Crippen molar-refractivity contribution in [3.63, 3.8) is 0 Å². The van der Waals surface area contributed by atoms with Crippen molar-refractivity contribution in [3.8, 4) is 0 Å². The number of fused-ring (bicyclic) bond motifs is 12. The average Bonchev–Trinajstić information content (AvgIpc) is 3.12. The van der Waals surface area contributed by atoms with Gasteiger partial charge in [0.15, 0.2) is 0 Å². The molecule has 0 radical (unpaired) electrons. The van der Waals surface area contributed by atoms with Gasteiger partial charge in [-0.1, -0.05) is 86.6 Å². The lowest BCUT2D eigenvalue weighted by molar-refractivity contribution is -0.118. The quantitative estimate of drug-likeness (QED) is 0.282. The number of amides is 2. The summed E-state index contributed by atoms with van der Waals surface area (Å²) in [5.74, 6) is 0.922. The van der Waals surface area contributed by atoms with E-state index in [1.165, 1.54) is 22.3 Å². The maximum absolute atomic E-state index is 13.5. The van der Waals surface area contributed by atoms with Crippen molar-refractivity contribution in [3.05, 3.63) is 119 Å². The summed E-state index contributed by atoms with van der Waals surface area (Å²) in [6, 6.07) is 33.7. The molecule has 4 heteroatoms. The van der Waals surface area contributed by atoms with Gasteiger partial charge in [-0.05, 0) is 46.5 Å². The highest BCUT2D eigenvalue weighted by atomic mass is 16.2. The van der Waals surface area contributed by atoms with Crippen molar-refractivity contribution in [1.82, 2.24) is 0 Å². The summed E-state index contributed by atoms with van der Waals surface area (Å²) in [7, 11) is 0. The molecule has 1 saturated carbocycles. The first-order chi connectivity index (χ1) is 18.7. The molecule has 4 aromatic rings. The Balaban J connectivity index is 1.56. The van der Waals surface area contributed by atoms with Crippen molar-refractivity contribution >= 4 is 34.6 Å². The van der Waals surface area contributed by atoms with Crippen LogP contribution >= 0.6 is 0 Å². The normalized spacial score (nSPS) is 22.3. The molecule has 1 aliphatic carbocycles. The summed E-state index contributed by atoms with van der Waals surface area (Å²) < 4.78 is 0. The number of benzene rings is 4. The second kappa shape index (κ2) is 8.70. The molecule has 0 unspecified atom stereocenters. The summed E-state index contributed by atoms with van der Waals surface area (Å²) in [6.45, 7) is 3.87. The van der Waals surface area contributed by atoms with Crippen LogP contribution in [-0.4, -0.2) is 11.8 Å². The average molecular weight is 499 g/mol. The highest BCUT2D eigenvalue weighted by Gasteiger charge is 2.58. The molecule has 0 atom stereocenters. The van der Waals surface area contributed by atoms with Gasteiger partial charge in [-0.2, -0.15) is 0 Å². The highest BCUT2D eigenvalue weighted by Crippen LogP contribution is 2.72. The smallest absolute Gasteiger partial charge is 0.231 e. The Morgan fingerprint density at radius 1 is 0.474 bits per heavy atom. The van der Waals surface area contributed by atoms with Crippen LogP contribution in [0.3, 0.4) is 0 Å². The zero-order valence-electron chi connectivity index (χ0n) is 21.7. The highest BCUT2D eigenvalue weighted by molar-refractivity contribution is 6.04. The molecule has 188 valence electrons. The number of nitrogens with zero attached hydrogens (tertiary/aromatic N) is 2. The summed E-state index contributed by atoms with van der Waals surface area (Å²) in [6.07, 6.45) is 0.870. The van der Waals surface area contributed by atoms with Crippen molar-refractivity contribution in [2.24, 2.45) is 0 Å². The molecule has 1 fully saturated rings. The molecule has 4 nitrogen and oxygen atoms in total. The maximum Gasteiger partial charge on any atom is 0.231 e. The summed E-state index contributed by atoms with van der Waals surface area (Å²) in [5.41, 5.74) is 8.75. The van der Waals surface area contributed by atoms with Crippen LogP contribution in [-0.2, 0) is 9.59 Å². The molecule has 38 heavy (non-hydrogen) atoms. The van der Waals surface area contributed by atoms with E-state index in [2.05, 4.69) is 72.8 Å². The lowest BCUT2D eigenvalue weighted by Gasteiger charge is -2.53. The second-order valence-corrected chi connectivity index (χ2v) is 10.5. The van der Waals surface area contributed by atoms with Crippen LogP contribution in [0, 0.1) is 0 Å². The zero-order chi connectivity index (χ0) is 26.0. The van der Waals surface area contributed by atoms with Crippen molar-refractivity contribution in [2.45, 2.75) is 50.4 Å². The Labute approximate surface area is 223 Å². The first-order valence-corrected chi connectivity index (χ1v) is 13.7. The van der Waals surface area contributed by atoms with E-state index in [4.69, 9.17) is 0 Å². The first-order valence-electron chi connectivity index (χ1n) is 13.7. The van der Waals surface area contributed by atoms with Crippen molar-refractivity contribution in [1.29, 1.82) is 0 Å². The Bertz CT molecular complexity index is 1360. The van der Waals surface area contributed by atoms with E-state index in [9.17, 15) is 9.59 Å². The van der Waals surface area contributed by atoms with Gasteiger partial charge in [-0.15, -0.1) is 0 Å². The minimum atomic E-state index is 0.104. The molecule has 2 heterocycles. The standard InChI is InChI=1S/C34H30N2O2/c1-3-29(37)35-25-17-9-5-13-21(25)31-32(22-14-6-10-18-26(22)35)34-24-16-8-12-20-28(24)36(30(38)4-2)27-19-11-7-15-23(27)33(31)34/h5-20,31-34H,3-4H2,1-2H3. The predicted molar refractivity (Wildman–Crippen MR) is 152 cm³/mol. The Hall–Kier alpha value is -4.18. The number of carbonyl (C=O) groups is 2. The largest absolute Gasteiger partial charge is 0.281 e. The molecule has 0 spiro atoms. The van der Waals surface area contributed by atoms with Crippen LogP contribution in [0.2, 0.25) is 0 Å². The van der Waals surface area contributed by atoms with Crippen LogP contribution in [0.15, 0.2) is 97.1 Å². The van der Waals surface area contributed by atoms with Gasteiger partial charge in [-0.25, -0.2) is 0 Å². The number of rotatable bonds is 2. The number of para-hydroxylation sites is 4. The van der Waals surface area contributed by atoms with E-state index in [1.807, 2.05) is 47.9 Å². The van der Waals surface area contributed by atoms with E-state index >= 15 is 0 Å². The minimum absolute atomic E-state index is 0.104. The summed E-state index contributed by atoms with van der Waals surface area (Å²) in [4.78, 5) is 30.9. The monoisotopic (exact) mass is 498 g/mol. The van der Waals surface area contributed by atoms with Crippen LogP contribution in [0.25, 0.3) is 0 Å². The van der Waals surface area contributed by atoms with Crippen LogP contribution in [0.5, 0.6) is 0 Å². The van der Waals surface area contributed by atoms with Gasteiger partial charge in [0, 0.05) is 36.5 Å². The van der Waals surface area contributed by atoms with E-state index < -0.39 is 0 Å². The van der Waals surface area contributed by atoms with Gasteiger partial charge in [0.05, 0.1) is 22.7 Å². The van der Waals surface area contributed by atoms with Gasteiger partial charge in [0.2, 0.25) is 11.8 Å². The molecule has 2 aliphatic heterocycles. The van der Waals surface area contributed by atoms with Crippen molar-refractivity contribution in [2.75, 3.05) is 9.80 Å². The molecule has 4 aromatic carbocycles. The molecule has 0 saturated heterocycles. The molecular weight excluding hydrogens is 468 g/mol. The van der Waals surface area contributed by atoms with Gasteiger partial charge in [0.1, 0.15) is 0 Å². The minimum Gasteiger partial charge on any atom is -0.281 e. The topological polar surface area (TPSA) is 40.6 Å². The van der Waals surface area contributed by atoms with E-state index in [-0.39, 0.29) is 35.5 Å². The van der Waals surface area contributed by atoms with Crippen LogP contribution in [0.4, 0.5) is 22.7 Å². The number of hydrogen-bond acceptors (Lipinski definition) is 2. The maximum atomic E-state index is 13.5. The lowest BCUT2D eigenvalue weighted by Crippen LogP contribution is -2.39. The summed E-state index contributed by atoms with van der Waals surface area (Å²) in [5, 5.41) is 0. The van der Waals surface area contributed by atoms with Gasteiger partial charge >= 0.3 is 0 Å². The second-order valence-electron chi connectivity index (χ2n) is 10.5. The molecule has 0 N–H and O–H groups in total. The Morgan fingerprint density at radius 2 is 0.711 bits per heavy atom. The third kappa shape index (κ3) is 3.03. The van der Waals surface area contributed by atoms with Crippen molar-refractivity contribution < 1.29 is 9.59 Å². The van der Waals surface area contributed by atoms with E-state index in [0.717, 1.165) is 22.7 Å².